The van der Waals surface area contributed by atoms with E-state index in [4.69, 9.17) is 0 Å². The fourth-order valence-electron chi connectivity index (χ4n) is 2.89. The van der Waals surface area contributed by atoms with Crippen molar-refractivity contribution in [1.82, 2.24) is 0 Å². The van der Waals surface area contributed by atoms with Crippen molar-refractivity contribution in [1.29, 1.82) is 0 Å². The SMILES string of the molecule is O=C(CCCc1ccc(O)c(O)c1)c1ccc(C(=O)c2ccccc2)cc1. The van der Waals surface area contributed by atoms with Gasteiger partial charge in [-0.3, -0.25) is 9.59 Å². The summed E-state index contributed by atoms with van der Waals surface area (Å²) in [6, 6.07) is 20.4. The van der Waals surface area contributed by atoms with Crippen LogP contribution in [0.4, 0.5) is 0 Å². The molecule has 3 rings (SSSR count). The Hall–Kier alpha value is -3.40. The average Bonchev–Trinajstić information content (AvgIpc) is 2.71. The molecule has 136 valence electrons. The largest absolute Gasteiger partial charge is 0.504 e. The first-order valence-corrected chi connectivity index (χ1v) is 8.78. The molecule has 0 spiro atoms. The van der Waals surface area contributed by atoms with E-state index < -0.39 is 0 Å². The van der Waals surface area contributed by atoms with E-state index >= 15 is 0 Å². The second-order valence-corrected chi connectivity index (χ2v) is 6.37. The topological polar surface area (TPSA) is 74.6 Å². The van der Waals surface area contributed by atoms with Gasteiger partial charge in [-0.25, -0.2) is 0 Å². The van der Waals surface area contributed by atoms with Crippen LogP contribution in [0.25, 0.3) is 0 Å². The lowest BCUT2D eigenvalue weighted by Gasteiger charge is -2.05. The predicted octanol–water partition coefficient (Wildman–Crippen LogP) is 4.53. The second-order valence-electron chi connectivity index (χ2n) is 6.37. The van der Waals surface area contributed by atoms with E-state index in [1.54, 1.807) is 42.5 Å². The molecule has 0 heterocycles. The Balaban J connectivity index is 1.57. The number of carbonyl (C=O) groups is 2. The van der Waals surface area contributed by atoms with Crippen molar-refractivity contribution in [3.8, 4) is 11.5 Å². The summed E-state index contributed by atoms with van der Waals surface area (Å²) in [5.74, 6) is -0.365. The molecule has 0 aromatic heterocycles. The maximum Gasteiger partial charge on any atom is 0.193 e. The van der Waals surface area contributed by atoms with Gasteiger partial charge in [0.15, 0.2) is 23.1 Å². The summed E-state index contributed by atoms with van der Waals surface area (Å²) in [4.78, 5) is 24.7. The number of ketones is 2. The number of carbonyl (C=O) groups excluding carboxylic acids is 2. The van der Waals surface area contributed by atoms with E-state index in [1.165, 1.54) is 12.1 Å². The van der Waals surface area contributed by atoms with Crippen LogP contribution in [0.2, 0.25) is 0 Å². The molecule has 0 aliphatic heterocycles. The molecular weight excluding hydrogens is 340 g/mol. The predicted molar refractivity (Wildman–Crippen MR) is 103 cm³/mol. The van der Waals surface area contributed by atoms with Crippen molar-refractivity contribution in [3.63, 3.8) is 0 Å². The molecule has 0 radical (unpaired) electrons. The maximum atomic E-state index is 12.4. The number of phenolic OH excluding ortho intramolecular Hbond substituents is 2. The molecule has 27 heavy (non-hydrogen) atoms. The second kappa shape index (κ2) is 8.32. The highest BCUT2D eigenvalue weighted by molar-refractivity contribution is 6.09. The lowest BCUT2D eigenvalue weighted by Crippen LogP contribution is -2.03. The number of benzene rings is 3. The van der Waals surface area contributed by atoms with E-state index in [0.29, 0.717) is 36.0 Å². The van der Waals surface area contributed by atoms with Crippen molar-refractivity contribution in [2.24, 2.45) is 0 Å². The van der Waals surface area contributed by atoms with Crippen molar-refractivity contribution in [3.05, 3.63) is 95.1 Å². The normalized spacial score (nSPS) is 10.5. The molecule has 0 saturated carbocycles. The molecule has 4 nitrogen and oxygen atoms in total. The van der Waals surface area contributed by atoms with E-state index in [2.05, 4.69) is 0 Å². The quantitative estimate of drug-likeness (QED) is 0.479. The van der Waals surface area contributed by atoms with Crippen LogP contribution in [-0.4, -0.2) is 21.8 Å². The van der Waals surface area contributed by atoms with Crippen molar-refractivity contribution in [2.45, 2.75) is 19.3 Å². The summed E-state index contributed by atoms with van der Waals surface area (Å²) in [7, 11) is 0. The van der Waals surface area contributed by atoms with E-state index in [-0.39, 0.29) is 23.1 Å². The minimum atomic E-state index is -0.155. The number of phenols is 2. The van der Waals surface area contributed by atoms with Gasteiger partial charge in [0.1, 0.15) is 0 Å². The van der Waals surface area contributed by atoms with Gasteiger partial charge in [-0.2, -0.15) is 0 Å². The number of rotatable bonds is 7. The molecule has 2 N–H and O–H groups in total. The van der Waals surface area contributed by atoms with Gasteiger partial charge in [0, 0.05) is 23.1 Å². The zero-order chi connectivity index (χ0) is 19.2. The molecule has 0 saturated heterocycles. The molecule has 0 fully saturated rings. The molecule has 4 heteroatoms. The van der Waals surface area contributed by atoms with Gasteiger partial charge in [-0.15, -0.1) is 0 Å². The number of aromatic hydroxyl groups is 2. The zero-order valence-electron chi connectivity index (χ0n) is 14.8. The lowest BCUT2D eigenvalue weighted by molar-refractivity contribution is 0.0978. The Labute approximate surface area is 157 Å². The Morgan fingerprint density at radius 1 is 0.704 bits per heavy atom. The van der Waals surface area contributed by atoms with Crippen LogP contribution in [0.3, 0.4) is 0 Å². The zero-order valence-corrected chi connectivity index (χ0v) is 14.8. The first kappa shape index (κ1) is 18.4. The third-order valence-corrected chi connectivity index (χ3v) is 4.41. The highest BCUT2D eigenvalue weighted by atomic mass is 16.3. The summed E-state index contributed by atoms with van der Waals surface area (Å²) in [5, 5.41) is 18.8. The Kier molecular flexibility index (Phi) is 5.67. The van der Waals surface area contributed by atoms with E-state index in [9.17, 15) is 19.8 Å². The number of hydrogen-bond donors (Lipinski definition) is 2. The molecule has 0 atom stereocenters. The highest BCUT2D eigenvalue weighted by Crippen LogP contribution is 2.25. The molecule has 0 aliphatic rings. The summed E-state index contributed by atoms with van der Waals surface area (Å²) in [6.45, 7) is 0. The van der Waals surface area contributed by atoms with Crippen LogP contribution >= 0.6 is 0 Å². The lowest BCUT2D eigenvalue weighted by atomic mass is 9.99. The number of Topliss-reactive ketones (excluding diaryl/α,β-unsaturated/α-hetero) is 1. The first-order chi connectivity index (χ1) is 13.0. The van der Waals surface area contributed by atoms with Gasteiger partial charge in [-0.1, -0.05) is 60.7 Å². The fourth-order valence-corrected chi connectivity index (χ4v) is 2.89. The molecular formula is C23H20O4. The smallest absolute Gasteiger partial charge is 0.193 e. The Bertz CT molecular complexity index is 944. The minimum Gasteiger partial charge on any atom is -0.504 e. The van der Waals surface area contributed by atoms with Gasteiger partial charge in [-0.05, 0) is 30.5 Å². The molecule has 0 unspecified atom stereocenters. The van der Waals surface area contributed by atoms with E-state index in [0.717, 1.165) is 5.56 Å². The monoisotopic (exact) mass is 360 g/mol. The van der Waals surface area contributed by atoms with Gasteiger partial charge >= 0.3 is 0 Å². The van der Waals surface area contributed by atoms with Crippen LogP contribution in [-0.2, 0) is 6.42 Å². The van der Waals surface area contributed by atoms with Crippen LogP contribution in [0.1, 0.15) is 44.7 Å². The van der Waals surface area contributed by atoms with Gasteiger partial charge in [0.2, 0.25) is 0 Å². The summed E-state index contributed by atoms with van der Waals surface area (Å²) in [5.41, 5.74) is 2.61. The summed E-state index contributed by atoms with van der Waals surface area (Å²) in [6.07, 6.45) is 1.63. The molecule has 3 aromatic rings. The van der Waals surface area contributed by atoms with Gasteiger partial charge in [0.05, 0.1) is 0 Å². The van der Waals surface area contributed by atoms with Crippen LogP contribution in [0.15, 0.2) is 72.8 Å². The maximum absolute atomic E-state index is 12.4. The standard InChI is InChI=1S/C23H20O4/c24-20(8-4-5-16-9-14-21(25)22(26)15-16)17-10-12-19(13-11-17)23(27)18-6-2-1-3-7-18/h1-3,6-7,9-15,25-26H,4-5,8H2. The molecule has 0 bridgehead atoms. The summed E-state index contributed by atoms with van der Waals surface area (Å²) < 4.78 is 0. The average molecular weight is 360 g/mol. The van der Waals surface area contributed by atoms with Crippen molar-refractivity contribution in [2.75, 3.05) is 0 Å². The van der Waals surface area contributed by atoms with Crippen molar-refractivity contribution < 1.29 is 19.8 Å². The third-order valence-electron chi connectivity index (χ3n) is 4.41. The van der Waals surface area contributed by atoms with Crippen molar-refractivity contribution >= 4 is 11.6 Å². The first-order valence-electron chi connectivity index (χ1n) is 8.78. The molecule has 3 aromatic carbocycles. The van der Waals surface area contributed by atoms with Gasteiger partial charge < -0.3 is 10.2 Å². The van der Waals surface area contributed by atoms with E-state index in [1.807, 2.05) is 18.2 Å². The fraction of sp³-hybridized carbons (Fsp3) is 0.130. The van der Waals surface area contributed by atoms with Crippen LogP contribution < -0.4 is 0 Å². The Morgan fingerprint density at radius 2 is 1.33 bits per heavy atom. The van der Waals surface area contributed by atoms with Crippen LogP contribution in [0.5, 0.6) is 11.5 Å². The Morgan fingerprint density at radius 3 is 2.00 bits per heavy atom. The highest BCUT2D eigenvalue weighted by Gasteiger charge is 2.11. The number of aryl methyl sites for hydroxylation is 1. The number of hydrogen-bond acceptors (Lipinski definition) is 4. The van der Waals surface area contributed by atoms with Gasteiger partial charge in [0.25, 0.3) is 0 Å². The van der Waals surface area contributed by atoms with Crippen LogP contribution in [0, 0.1) is 0 Å². The molecule has 0 amide bonds. The molecule has 0 aliphatic carbocycles. The summed E-state index contributed by atoms with van der Waals surface area (Å²) >= 11 is 0. The third kappa shape index (κ3) is 4.61. The minimum absolute atomic E-state index is 0.0108.